The molecule has 0 radical (unpaired) electrons. The molecule has 1 aromatic heterocycles. The molecule has 1 atom stereocenters. The molecule has 1 aromatic rings. The van der Waals surface area contributed by atoms with Gasteiger partial charge in [-0.25, -0.2) is 5.84 Å². The first kappa shape index (κ1) is 12.0. The van der Waals surface area contributed by atoms with Gasteiger partial charge >= 0.3 is 0 Å². The number of nitrogens with two attached hydrogens (primary N) is 1. The highest BCUT2D eigenvalue weighted by molar-refractivity contribution is 7.10. The Bertz CT molecular complexity index is 294. The Morgan fingerprint density at radius 2 is 2.40 bits per heavy atom. The number of nitrogens with zero attached hydrogens (tertiary/aromatic N) is 1. The van der Waals surface area contributed by atoms with Gasteiger partial charge in [0.05, 0.1) is 6.04 Å². The predicted molar refractivity (Wildman–Crippen MR) is 65.8 cm³/mol. The van der Waals surface area contributed by atoms with Crippen molar-refractivity contribution in [1.82, 2.24) is 10.7 Å². The van der Waals surface area contributed by atoms with E-state index in [2.05, 4.69) is 40.2 Å². The van der Waals surface area contributed by atoms with Gasteiger partial charge in [-0.1, -0.05) is 13.0 Å². The summed E-state index contributed by atoms with van der Waals surface area (Å²) in [6, 6.07) is 4.45. The Morgan fingerprint density at radius 1 is 1.60 bits per heavy atom. The van der Waals surface area contributed by atoms with Gasteiger partial charge in [0.2, 0.25) is 5.96 Å². The Balaban J connectivity index is 2.65. The molecule has 0 aliphatic carbocycles. The molecule has 1 unspecified atom stereocenters. The van der Waals surface area contributed by atoms with Gasteiger partial charge < -0.3 is 5.32 Å². The molecule has 84 valence electrons. The van der Waals surface area contributed by atoms with Crippen LogP contribution in [0.25, 0.3) is 0 Å². The summed E-state index contributed by atoms with van der Waals surface area (Å²) in [6.07, 6.45) is 1.00. The average Bonchev–Trinajstić information content (AvgIpc) is 2.77. The highest BCUT2D eigenvalue weighted by Gasteiger charge is 2.11. The summed E-state index contributed by atoms with van der Waals surface area (Å²) in [5.41, 5.74) is 2.57. The van der Waals surface area contributed by atoms with Crippen molar-refractivity contribution in [2.24, 2.45) is 10.8 Å². The number of rotatable bonds is 4. The molecule has 1 rings (SSSR count). The van der Waals surface area contributed by atoms with E-state index in [1.807, 2.05) is 6.92 Å². The van der Waals surface area contributed by atoms with E-state index in [0.29, 0.717) is 12.5 Å². The Kier molecular flexibility index (Phi) is 5.14. The van der Waals surface area contributed by atoms with Gasteiger partial charge in [0, 0.05) is 11.4 Å². The molecule has 0 amide bonds. The zero-order valence-corrected chi connectivity index (χ0v) is 9.97. The van der Waals surface area contributed by atoms with Crippen molar-refractivity contribution >= 4 is 17.3 Å². The molecular weight excluding hydrogens is 208 g/mol. The van der Waals surface area contributed by atoms with Gasteiger partial charge in [-0.2, -0.15) is 0 Å². The highest BCUT2D eigenvalue weighted by Crippen LogP contribution is 2.21. The second-order valence-corrected chi connectivity index (χ2v) is 4.07. The van der Waals surface area contributed by atoms with E-state index < -0.39 is 0 Å². The molecule has 4 nitrogen and oxygen atoms in total. The van der Waals surface area contributed by atoms with Crippen molar-refractivity contribution < 1.29 is 0 Å². The lowest BCUT2D eigenvalue weighted by Gasteiger charge is -2.17. The molecule has 0 bridgehead atoms. The van der Waals surface area contributed by atoms with Crippen LogP contribution in [0.5, 0.6) is 0 Å². The molecular formula is C10H18N4S. The number of guanidine groups is 1. The van der Waals surface area contributed by atoms with E-state index in [-0.39, 0.29) is 6.04 Å². The maximum absolute atomic E-state index is 5.38. The molecule has 0 saturated carbocycles. The summed E-state index contributed by atoms with van der Waals surface area (Å²) in [7, 11) is 0. The number of thiophene rings is 1. The lowest BCUT2D eigenvalue weighted by molar-refractivity contribution is 0.620. The summed E-state index contributed by atoms with van der Waals surface area (Å²) in [5.74, 6) is 6.03. The second-order valence-electron chi connectivity index (χ2n) is 3.09. The number of aliphatic imine (C=N–C) groups is 1. The molecule has 0 fully saturated rings. The van der Waals surface area contributed by atoms with Crippen molar-refractivity contribution in [3.05, 3.63) is 22.4 Å². The van der Waals surface area contributed by atoms with E-state index >= 15 is 0 Å². The first-order chi connectivity index (χ1) is 7.31. The number of hydrogen-bond acceptors (Lipinski definition) is 3. The molecule has 4 N–H and O–H groups in total. The summed E-state index contributed by atoms with van der Waals surface area (Å²) >= 11 is 1.74. The minimum absolute atomic E-state index is 0.284. The topological polar surface area (TPSA) is 62.4 Å². The quantitative estimate of drug-likeness (QED) is 0.316. The Hall–Kier alpha value is -1.07. The van der Waals surface area contributed by atoms with Crippen molar-refractivity contribution in [1.29, 1.82) is 0 Å². The van der Waals surface area contributed by atoms with Gasteiger partial charge in [0.15, 0.2) is 0 Å². The minimum Gasteiger partial charge on any atom is -0.348 e. The fraction of sp³-hybridized carbons (Fsp3) is 0.500. The van der Waals surface area contributed by atoms with Crippen LogP contribution in [0.15, 0.2) is 22.5 Å². The maximum atomic E-state index is 5.38. The normalized spacial score (nSPS) is 13.7. The summed E-state index contributed by atoms with van der Waals surface area (Å²) in [6.45, 7) is 4.83. The van der Waals surface area contributed by atoms with Crippen molar-refractivity contribution in [2.45, 2.75) is 26.3 Å². The van der Waals surface area contributed by atoms with Gasteiger partial charge in [-0.3, -0.25) is 10.4 Å². The monoisotopic (exact) mass is 226 g/mol. The van der Waals surface area contributed by atoms with Crippen LogP contribution >= 0.6 is 11.3 Å². The van der Waals surface area contributed by atoms with E-state index in [0.717, 1.165) is 6.42 Å². The smallest absolute Gasteiger partial charge is 0.206 e. The second kappa shape index (κ2) is 6.42. The van der Waals surface area contributed by atoms with E-state index in [1.54, 1.807) is 11.3 Å². The summed E-state index contributed by atoms with van der Waals surface area (Å²) in [5, 5.41) is 5.36. The zero-order valence-electron chi connectivity index (χ0n) is 9.16. The molecule has 0 spiro atoms. The van der Waals surface area contributed by atoms with Crippen molar-refractivity contribution in [3.8, 4) is 0 Å². The maximum Gasteiger partial charge on any atom is 0.206 e. The highest BCUT2D eigenvalue weighted by atomic mass is 32.1. The van der Waals surface area contributed by atoms with Crippen molar-refractivity contribution in [3.63, 3.8) is 0 Å². The van der Waals surface area contributed by atoms with Crippen LogP contribution < -0.4 is 16.6 Å². The van der Waals surface area contributed by atoms with E-state index in [1.165, 1.54) is 4.88 Å². The standard InChI is InChI=1S/C10H18N4S/c1-3-8(9-6-5-7-15-9)13-10(14-11)12-4-2/h5-8H,3-4,11H2,1-2H3,(H2,12,13,14). The van der Waals surface area contributed by atoms with Crippen LogP contribution in [0.2, 0.25) is 0 Å². The van der Waals surface area contributed by atoms with Crippen LogP contribution in [0.1, 0.15) is 31.2 Å². The number of hydrogen-bond donors (Lipinski definition) is 3. The molecule has 5 heteroatoms. The zero-order chi connectivity index (χ0) is 11.1. The molecule has 0 aromatic carbocycles. The molecule has 0 saturated heterocycles. The van der Waals surface area contributed by atoms with Crippen LogP contribution in [-0.2, 0) is 0 Å². The van der Waals surface area contributed by atoms with Gasteiger partial charge in [-0.15, -0.1) is 11.3 Å². The summed E-state index contributed by atoms with van der Waals surface area (Å²) < 4.78 is 0. The fourth-order valence-corrected chi connectivity index (χ4v) is 2.18. The Morgan fingerprint density at radius 3 is 2.87 bits per heavy atom. The Labute approximate surface area is 94.6 Å². The first-order valence-corrected chi connectivity index (χ1v) is 6.00. The molecule has 0 aliphatic heterocycles. The van der Waals surface area contributed by atoms with Crippen LogP contribution in [-0.4, -0.2) is 12.5 Å². The van der Waals surface area contributed by atoms with Crippen molar-refractivity contribution in [2.75, 3.05) is 6.54 Å². The lowest BCUT2D eigenvalue weighted by Crippen LogP contribution is -2.43. The van der Waals surface area contributed by atoms with Gasteiger partial charge in [0.1, 0.15) is 0 Å². The van der Waals surface area contributed by atoms with E-state index in [9.17, 15) is 0 Å². The average molecular weight is 226 g/mol. The van der Waals surface area contributed by atoms with Crippen LogP contribution in [0.4, 0.5) is 0 Å². The fourth-order valence-electron chi connectivity index (χ4n) is 1.32. The molecule has 0 aliphatic rings. The first-order valence-electron chi connectivity index (χ1n) is 5.12. The predicted octanol–water partition coefficient (Wildman–Crippen LogP) is 1.63. The minimum atomic E-state index is 0.284. The van der Waals surface area contributed by atoms with Crippen LogP contribution in [0, 0.1) is 0 Å². The molecule has 1 heterocycles. The third-order valence-corrected chi connectivity index (χ3v) is 3.04. The third kappa shape index (κ3) is 3.53. The number of hydrazine groups is 1. The van der Waals surface area contributed by atoms with E-state index in [4.69, 9.17) is 5.84 Å². The van der Waals surface area contributed by atoms with Gasteiger partial charge in [0.25, 0.3) is 0 Å². The largest absolute Gasteiger partial charge is 0.348 e. The van der Waals surface area contributed by atoms with Crippen LogP contribution in [0.3, 0.4) is 0 Å². The van der Waals surface area contributed by atoms with Gasteiger partial charge in [-0.05, 0) is 24.8 Å². The lowest BCUT2D eigenvalue weighted by atomic mass is 10.2. The SMILES string of the molecule is CCN=C(NN)NC(CC)c1cccs1. The summed E-state index contributed by atoms with van der Waals surface area (Å²) in [4.78, 5) is 5.52. The molecule has 15 heavy (non-hydrogen) atoms. The third-order valence-electron chi connectivity index (χ3n) is 2.06. The number of nitrogens with one attached hydrogen (secondary N) is 2.